The number of aromatic nitrogens is 2. The Morgan fingerprint density at radius 1 is 0.450 bits per heavy atom. The first-order chi connectivity index (χ1) is 39.3. The van der Waals surface area contributed by atoms with E-state index < -0.39 is 0 Å². The van der Waals surface area contributed by atoms with Crippen LogP contribution in [-0.4, -0.2) is 22.6 Å². The van der Waals surface area contributed by atoms with Crippen molar-refractivity contribution in [2.75, 3.05) is 9.80 Å². The van der Waals surface area contributed by atoms with Gasteiger partial charge < -0.3 is 23.7 Å². The maximum atomic E-state index is 7.87. The van der Waals surface area contributed by atoms with Gasteiger partial charge in [0.25, 0.3) is 13.4 Å². The summed E-state index contributed by atoms with van der Waals surface area (Å²) in [6, 6.07) is 84.1. The number of fused-ring (bicyclic) bond motifs is 16. The Kier molecular flexibility index (Phi) is 9.56. The quantitative estimate of drug-likeness (QED) is 0.149. The Morgan fingerprint density at radius 2 is 0.963 bits per heavy atom. The van der Waals surface area contributed by atoms with E-state index in [-0.39, 0.29) is 13.4 Å². The van der Waals surface area contributed by atoms with Crippen molar-refractivity contribution in [3.05, 3.63) is 241 Å². The molecular formula is C73H54B2N4O. The lowest BCUT2D eigenvalue weighted by Crippen LogP contribution is -2.64. The van der Waals surface area contributed by atoms with Gasteiger partial charge >= 0.3 is 0 Å². The zero-order chi connectivity index (χ0) is 53.2. The zero-order valence-corrected chi connectivity index (χ0v) is 45.4. The first kappa shape index (κ1) is 45.6. The average Bonchev–Trinajstić information content (AvgIpc) is 2.38. The number of rotatable bonds is 7. The van der Waals surface area contributed by atoms with E-state index in [2.05, 4.69) is 278 Å². The van der Waals surface area contributed by atoms with Gasteiger partial charge in [0, 0.05) is 73.0 Å². The maximum Gasteiger partial charge on any atom is 0.256 e. The summed E-state index contributed by atoms with van der Waals surface area (Å²) in [6.45, 7) is 11.4. The van der Waals surface area contributed by atoms with Gasteiger partial charge in [-0.05, 0) is 141 Å². The van der Waals surface area contributed by atoms with Crippen LogP contribution in [0.4, 0.5) is 34.1 Å². The number of anilines is 6. The molecule has 17 rings (SSSR count). The van der Waals surface area contributed by atoms with Crippen molar-refractivity contribution in [3.63, 3.8) is 0 Å². The van der Waals surface area contributed by atoms with Crippen LogP contribution in [0.3, 0.4) is 0 Å². The average molecular weight is 1020 g/mol. The zero-order valence-electron chi connectivity index (χ0n) is 45.4. The molecule has 0 aliphatic carbocycles. The summed E-state index contributed by atoms with van der Waals surface area (Å²) in [5, 5.41) is 5.00. The third-order valence-corrected chi connectivity index (χ3v) is 18.2. The predicted octanol–water partition coefficient (Wildman–Crippen LogP) is 15.1. The molecule has 0 saturated carbocycles. The van der Waals surface area contributed by atoms with Gasteiger partial charge in [0.1, 0.15) is 11.5 Å². The molecule has 80 heavy (non-hydrogen) atoms. The lowest BCUT2D eigenvalue weighted by atomic mass is 9.30. The smallest absolute Gasteiger partial charge is 0.256 e. The summed E-state index contributed by atoms with van der Waals surface area (Å²) in [4.78, 5) is 5.02. The number of hydrogen-bond donors (Lipinski definition) is 0. The highest BCUT2D eigenvalue weighted by atomic mass is 16.5. The van der Waals surface area contributed by atoms with Gasteiger partial charge in [-0.15, -0.1) is 0 Å². The van der Waals surface area contributed by atoms with Crippen LogP contribution in [0.15, 0.2) is 224 Å². The topological polar surface area (TPSA) is 25.6 Å². The molecule has 2 aromatic heterocycles. The van der Waals surface area contributed by atoms with Gasteiger partial charge in [0.15, 0.2) is 0 Å². The molecule has 6 heterocycles. The van der Waals surface area contributed by atoms with Gasteiger partial charge in [-0.1, -0.05) is 179 Å². The summed E-state index contributed by atoms with van der Waals surface area (Å²) in [5.41, 5.74) is 28.0. The normalized spacial score (nSPS) is 13.3. The van der Waals surface area contributed by atoms with Crippen molar-refractivity contribution in [2.24, 2.45) is 0 Å². The number of benzene rings is 11. The lowest BCUT2D eigenvalue weighted by molar-refractivity contribution is 0.484. The fraction of sp³-hybridized carbons (Fsp3) is 0.0959. The first-order valence-electron chi connectivity index (χ1n) is 28.5. The Bertz CT molecular complexity index is 4730. The van der Waals surface area contributed by atoms with E-state index in [4.69, 9.17) is 4.74 Å². The Hall–Kier alpha value is -9.45. The molecule has 0 fully saturated rings. The largest absolute Gasteiger partial charge is 0.458 e. The van der Waals surface area contributed by atoms with Crippen LogP contribution in [0.25, 0.3) is 66.1 Å². The van der Waals surface area contributed by atoms with E-state index in [9.17, 15) is 0 Å². The van der Waals surface area contributed by atoms with Crippen molar-refractivity contribution >= 4 is 124 Å². The molecule has 0 unspecified atom stereocenters. The van der Waals surface area contributed by atoms with Crippen LogP contribution < -0.4 is 47.3 Å². The lowest BCUT2D eigenvalue weighted by Gasteiger charge is -2.43. The Labute approximate surface area is 466 Å². The number of para-hydroxylation sites is 5. The molecule has 0 bridgehead atoms. The van der Waals surface area contributed by atoms with Crippen LogP contribution in [0.1, 0.15) is 56.2 Å². The van der Waals surface area contributed by atoms with Crippen LogP contribution in [-0.2, 0) is 0 Å². The third kappa shape index (κ3) is 6.09. The number of ether oxygens (including phenoxy) is 1. The minimum Gasteiger partial charge on any atom is -0.458 e. The SMILES string of the molecule is Cc1c2c(cc3c1N(c1ccccc1)c1cc(-c4ccccc4)c4c5ccccc5n5c4c1B3c1ccc(C(C)C)cc1-5)B1c3ccc(C(C)C)cc3-n3c4ccccc4c4c(N(c5ccccc5)c5ccccc5)cc(c1c43)O2. The highest BCUT2D eigenvalue weighted by Gasteiger charge is 2.48. The fourth-order valence-corrected chi connectivity index (χ4v) is 14.7. The van der Waals surface area contributed by atoms with Gasteiger partial charge in [-0.2, -0.15) is 0 Å². The third-order valence-electron chi connectivity index (χ3n) is 18.2. The van der Waals surface area contributed by atoms with Gasteiger partial charge in [-0.3, -0.25) is 0 Å². The van der Waals surface area contributed by atoms with E-state index in [1.54, 1.807) is 0 Å². The van der Waals surface area contributed by atoms with E-state index in [1.807, 2.05) is 0 Å². The highest BCUT2D eigenvalue weighted by molar-refractivity contribution is 7.03. The molecule has 0 saturated heterocycles. The molecule has 378 valence electrons. The molecule has 7 heteroatoms. The predicted molar refractivity (Wildman–Crippen MR) is 339 cm³/mol. The molecule has 0 atom stereocenters. The van der Waals surface area contributed by atoms with Crippen molar-refractivity contribution < 1.29 is 4.74 Å². The molecule has 4 aliphatic rings. The maximum absolute atomic E-state index is 7.87. The van der Waals surface area contributed by atoms with E-state index in [0.717, 1.165) is 39.8 Å². The summed E-state index contributed by atoms with van der Waals surface area (Å²) in [5.74, 6) is 2.50. The van der Waals surface area contributed by atoms with Gasteiger partial charge in [-0.25, -0.2) is 0 Å². The summed E-state index contributed by atoms with van der Waals surface area (Å²) >= 11 is 0. The van der Waals surface area contributed by atoms with Crippen molar-refractivity contribution in [2.45, 2.75) is 46.5 Å². The Morgan fingerprint density at radius 3 is 1.55 bits per heavy atom. The molecule has 5 nitrogen and oxygen atoms in total. The van der Waals surface area contributed by atoms with Crippen molar-refractivity contribution in [1.82, 2.24) is 9.13 Å². The molecule has 0 radical (unpaired) electrons. The van der Waals surface area contributed by atoms with Crippen molar-refractivity contribution in [3.8, 4) is 34.0 Å². The minimum absolute atomic E-state index is 0.0868. The molecule has 11 aromatic carbocycles. The summed E-state index contributed by atoms with van der Waals surface area (Å²) < 4.78 is 13.1. The number of hydrogen-bond acceptors (Lipinski definition) is 3. The molecule has 0 amide bonds. The number of nitrogens with zero attached hydrogens (tertiary/aromatic N) is 4. The second-order valence-corrected chi connectivity index (χ2v) is 23.1. The van der Waals surface area contributed by atoms with Gasteiger partial charge in [0.05, 0.1) is 27.8 Å². The molecule has 0 spiro atoms. The monoisotopic (exact) mass is 1020 g/mol. The molecule has 4 aliphatic heterocycles. The fourth-order valence-electron chi connectivity index (χ4n) is 14.7. The first-order valence-corrected chi connectivity index (χ1v) is 28.5. The summed E-state index contributed by atoms with van der Waals surface area (Å²) in [6.07, 6.45) is 0. The molecular weight excluding hydrogens is 970 g/mol. The van der Waals surface area contributed by atoms with Crippen molar-refractivity contribution in [1.29, 1.82) is 0 Å². The van der Waals surface area contributed by atoms with Crippen LogP contribution in [0.2, 0.25) is 0 Å². The molecule has 13 aromatic rings. The molecule has 0 N–H and O–H groups in total. The highest BCUT2D eigenvalue weighted by Crippen LogP contribution is 2.52. The van der Waals surface area contributed by atoms with Gasteiger partial charge in [0.2, 0.25) is 0 Å². The van der Waals surface area contributed by atoms with Crippen LogP contribution in [0, 0.1) is 6.92 Å². The summed E-state index contributed by atoms with van der Waals surface area (Å²) in [7, 11) is 0. The second kappa shape index (κ2) is 16.8. The van der Waals surface area contributed by atoms with E-state index in [0.29, 0.717) is 11.8 Å². The minimum atomic E-state index is -0.130. The van der Waals surface area contributed by atoms with E-state index in [1.165, 1.54) is 121 Å². The van der Waals surface area contributed by atoms with E-state index >= 15 is 0 Å². The van der Waals surface area contributed by atoms with Crippen LogP contribution in [0.5, 0.6) is 11.5 Å². The Balaban J connectivity index is 1.02. The second-order valence-electron chi connectivity index (χ2n) is 23.1. The standard InChI is InChI=1S/C73H54B2N4O/c1-43(2)47-34-36-55-61(38-47)78-59-32-20-18-30-52(59)66-54(46-22-10-6-11-23-46)40-64-68(71(66)78)74(55)57-41-58-73(45(5)70(57)77(64)51-28-16-9-17-29-51)80-65-42-63(76(49-24-12-7-13-25-49)50-26-14-8-15-27-50)67-53-31-19-21-33-60(53)79-62-39-48(44(3)4)35-37-56(62)75(58)69(65)72(67)79/h6-44H,1-5H3. The van der Waals surface area contributed by atoms with Crippen LogP contribution >= 0.6 is 0 Å².